The monoisotopic (exact) mass is 298 g/mol. The first kappa shape index (κ1) is 13.7. The summed E-state index contributed by atoms with van der Waals surface area (Å²) in [5.41, 5.74) is 6.73. The van der Waals surface area contributed by atoms with Gasteiger partial charge in [0.2, 0.25) is 0 Å². The number of nitrogens with one attached hydrogen (secondary N) is 1. The third-order valence-corrected chi connectivity index (χ3v) is 2.89. The Kier molecular flexibility index (Phi) is 3.97. The summed E-state index contributed by atoms with van der Waals surface area (Å²) >= 11 is 11.7. The van der Waals surface area contributed by atoms with E-state index < -0.39 is 5.91 Å². The van der Waals surface area contributed by atoms with Gasteiger partial charge in [-0.25, -0.2) is 0 Å². The Morgan fingerprint density at radius 2 is 2.00 bits per heavy atom. The number of halogens is 2. The van der Waals surface area contributed by atoms with E-state index in [4.69, 9.17) is 28.9 Å². The van der Waals surface area contributed by atoms with Crippen LogP contribution in [-0.2, 0) is 6.54 Å². The summed E-state index contributed by atoms with van der Waals surface area (Å²) in [5.74, 6) is -0.400. The minimum atomic E-state index is -0.400. The second-order valence-electron chi connectivity index (χ2n) is 3.90. The molecule has 0 atom stereocenters. The van der Waals surface area contributed by atoms with Gasteiger partial charge >= 0.3 is 0 Å². The molecule has 3 N–H and O–H groups in total. The molecular weight excluding hydrogens is 287 g/mol. The van der Waals surface area contributed by atoms with Gasteiger partial charge in [-0.05, 0) is 25.1 Å². The molecule has 0 aliphatic carbocycles. The number of nitrogens with two attached hydrogens (primary N) is 1. The van der Waals surface area contributed by atoms with Crippen molar-refractivity contribution in [2.24, 2.45) is 0 Å². The molecule has 5 nitrogen and oxygen atoms in total. The molecule has 7 heteroatoms. The largest absolute Gasteiger partial charge is 0.396 e. The topological polar surface area (TPSA) is 72.9 Å². The molecule has 0 aliphatic rings. The van der Waals surface area contributed by atoms with Crippen molar-refractivity contribution in [3.63, 3.8) is 0 Å². The number of aromatic nitrogens is 2. The summed E-state index contributed by atoms with van der Waals surface area (Å²) in [4.78, 5) is 12.0. The molecule has 2 aromatic rings. The highest BCUT2D eigenvalue weighted by molar-refractivity contribution is 6.35. The number of carbonyl (C=O) groups excluding carboxylic acids is 1. The Balaban J connectivity index is 2.22. The van der Waals surface area contributed by atoms with Crippen molar-refractivity contribution in [3.8, 4) is 0 Å². The number of benzene rings is 1. The smallest absolute Gasteiger partial charge is 0.278 e. The van der Waals surface area contributed by atoms with E-state index in [1.54, 1.807) is 29.1 Å². The van der Waals surface area contributed by atoms with E-state index in [1.165, 1.54) is 0 Å². The number of aryl methyl sites for hydroxylation is 1. The van der Waals surface area contributed by atoms with Gasteiger partial charge in [0.25, 0.3) is 5.91 Å². The van der Waals surface area contributed by atoms with Crippen LogP contribution in [0.2, 0.25) is 10.0 Å². The maximum atomic E-state index is 12.0. The van der Waals surface area contributed by atoms with Gasteiger partial charge in [-0.3, -0.25) is 9.48 Å². The summed E-state index contributed by atoms with van der Waals surface area (Å²) in [5, 5.41) is 7.62. The fraction of sp³-hybridized carbons (Fsp3) is 0.167. The minimum Gasteiger partial charge on any atom is -0.396 e. The van der Waals surface area contributed by atoms with Crippen molar-refractivity contribution in [3.05, 3.63) is 40.1 Å². The van der Waals surface area contributed by atoms with E-state index >= 15 is 0 Å². The highest BCUT2D eigenvalue weighted by atomic mass is 35.5. The van der Waals surface area contributed by atoms with Gasteiger partial charge in [0, 0.05) is 28.5 Å². The molecule has 0 saturated heterocycles. The van der Waals surface area contributed by atoms with Crippen molar-refractivity contribution in [1.82, 2.24) is 9.78 Å². The Labute approximate surface area is 120 Å². The summed E-state index contributed by atoms with van der Waals surface area (Å²) < 4.78 is 1.59. The Hall–Kier alpha value is -1.72. The lowest BCUT2D eigenvalue weighted by Gasteiger charge is -2.05. The molecular formula is C12H12Cl2N4O. The van der Waals surface area contributed by atoms with Crippen LogP contribution in [0.3, 0.4) is 0 Å². The minimum absolute atomic E-state index is 0.179. The number of amides is 1. The van der Waals surface area contributed by atoms with Crippen LogP contribution in [-0.4, -0.2) is 15.7 Å². The first-order valence-electron chi connectivity index (χ1n) is 5.60. The summed E-state index contributed by atoms with van der Waals surface area (Å²) in [7, 11) is 0. The molecule has 1 amide bonds. The Morgan fingerprint density at radius 1 is 1.37 bits per heavy atom. The number of nitrogen functional groups attached to an aromatic ring is 1. The van der Waals surface area contributed by atoms with Gasteiger partial charge in [0.15, 0.2) is 5.69 Å². The lowest BCUT2D eigenvalue weighted by molar-refractivity contribution is 0.102. The molecule has 0 fully saturated rings. The number of nitrogens with zero attached hydrogens (tertiary/aromatic N) is 2. The van der Waals surface area contributed by atoms with E-state index in [0.29, 0.717) is 28.0 Å². The van der Waals surface area contributed by atoms with Gasteiger partial charge in [-0.1, -0.05) is 23.2 Å². The maximum absolute atomic E-state index is 12.0. The molecule has 1 aromatic heterocycles. The van der Waals surface area contributed by atoms with Crippen LogP contribution in [0.5, 0.6) is 0 Å². The lowest BCUT2D eigenvalue weighted by atomic mass is 10.3. The predicted octanol–water partition coefficient (Wildman–Crippen LogP) is 3.04. The fourth-order valence-electron chi connectivity index (χ4n) is 1.59. The number of hydrogen-bond acceptors (Lipinski definition) is 3. The fourth-order valence-corrected chi connectivity index (χ4v) is 2.12. The van der Waals surface area contributed by atoms with Crippen LogP contribution in [0, 0.1) is 0 Å². The molecule has 0 bridgehead atoms. The second-order valence-corrected chi connectivity index (χ2v) is 4.77. The number of carbonyl (C=O) groups is 1. The van der Waals surface area contributed by atoms with Crippen LogP contribution < -0.4 is 11.1 Å². The van der Waals surface area contributed by atoms with Crippen molar-refractivity contribution in [2.45, 2.75) is 13.5 Å². The average molecular weight is 299 g/mol. The zero-order valence-corrected chi connectivity index (χ0v) is 11.7. The molecule has 0 radical (unpaired) electrons. The van der Waals surface area contributed by atoms with Crippen molar-refractivity contribution < 1.29 is 4.79 Å². The highest BCUT2D eigenvalue weighted by Gasteiger charge is 2.15. The van der Waals surface area contributed by atoms with E-state index in [-0.39, 0.29) is 5.69 Å². The highest BCUT2D eigenvalue weighted by Crippen LogP contribution is 2.23. The van der Waals surface area contributed by atoms with E-state index in [1.807, 2.05) is 6.92 Å². The van der Waals surface area contributed by atoms with E-state index in [2.05, 4.69) is 10.4 Å². The van der Waals surface area contributed by atoms with Crippen LogP contribution in [0.1, 0.15) is 17.4 Å². The number of hydrogen-bond donors (Lipinski definition) is 2. The van der Waals surface area contributed by atoms with Gasteiger partial charge in [-0.15, -0.1) is 0 Å². The SMILES string of the molecule is CCn1cc(N)c(C(=O)Nc2cc(Cl)cc(Cl)c2)n1. The molecule has 0 aliphatic heterocycles. The Morgan fingerprint density at radius 3 is 2.53 bits per heavy atom. The van der Waals surface area contributed by atoms with E-state index in [9.17, 15) is 4.79 Å². The molecule has 1 aromatic carbocycles. The first-order valence-corrected chi connectivity index (χ1v) is 6.35. The molecule has 1 heterocycles. The Bertz CT molecular complexity index is 604. The number of anilines is 2. The summed E-state index contributed by atoms with van der Waals surface area (Å²) in [6, 6.07) is 4.77. The van der Waals surface area contributed by atoms with Gasteiger partial charge in [0.05, 0.1) is 5.69 Å². The van der Waals surface area contributed by atoms with Crippen LogP contribution in [0.15, 0.2) is 24.4 Å². The third kappa shape index (κ3) is 3.19. The van der Waals surface area contributed by atoms with Crippen LogP contribution in [0.4, 0.5) is 11.4 Å². The average Bonchev–Trinajstić information content (AvgIpc) is 2.69. The summed E-state index contributed by atoms with van der Waals surface area (Å²) in [6.45, 7) is 2.55. The lowest BCUT2D eigenvalue weighted by Crippen LogP contribution is -2.14. The molecule has 2 rings (SSSR count). The maximum Gasteiger partial charge on any atom is 0.278 e. The molecule has 0 spiro atoms. The van der Waals surface area contributed by atoms with Gasteiger partial charge in [0.1, 0.15) is 0 Å². The predicted molar refractivity (Wildman–Crippen MR) is 76.7 cm³/mol. The normalized spacial score (nSPS) is 10.5. The molecule has 0 saturated carbocycles. The van der Waals surface area contributed by atoms with Crippen molar-refractivity contribution in [2.75, 3.05) is 11.1 Å². The zero-order chi connectivity index (χ0) is 14.0. The zero-order valence-electron chi connectivity index (χ0n) is 10.2. The van der Waals surface area contributed by atoms with Crippen molar-refractivity contribution in [1.29, 1.82) is 0 Å². The standard InChI is InChI=1S/C12H12Cl2N4O/c1-2-18-6-10(15)11(17-18)12(19)16-9-4-7(13)3-8(14)5-9/h3-6H,2,15H2,1H3,(H,16,19). The van der Waals surface area contributed by atoms with Gasteiger partial charge in [-0.2, -0.15) is 5.10 Å². The van der Waals surface area contributed by atoms with Crippen LogP contribution in [0.25, 0.3) is 0 Å². The molecule has 19 heavy (non-hydrogen) atoms. The second kappa shape index (κ2) is 5.50. The van der Waals surface area contributed by atoms with Crippen molar-refractivity contribution >= 4 is 40.5 Å². The molecule has 100 valence electrons. The number of rotatable bonds is 3. The summed E-state index contributed by atoms with van der Waals surface area (Å²) in [6.07, 6.45) is 1.61. The third-order valence-electron chi connectivity index (χ3n) is 2.45. The quantitative estimate of drug-likeness (QED) is 0.915. The van der Waals surface area contributed by atoms with Crippen LogP contribution >= 0.6 is 23.2 Å². The van der Waals surface area contributed by atoms with Gasteiger partial charge < -0.3 is 11.1 Å². The van der Waals surface area contributed by atoms with E-state index in [0.717, 1.165) is 0 Å². The first-order chi connectivity index (χ1) is 8.99. The molecule has 0 unspecified atom stereocenters.